The van der Waals surface area contributed by atoms with Gasteiger partial charge in [-0.3, -0.25) is 14.5 Å². The number of carbonyl (C=O) groups excluding carboxylic acids is 2. The lowest BCUT2D eigenvalue weighted by molar-refractivity contribution is -0.117. The van der Waals surface area contributed by atoms with Crippen molar-refractivity contribution >= 4 is 17.5 Å². The van der Waals surface area contributed by atoms with Gasteiger partial charge in [-0.2, -0.15) is 4.98 Å². The number of Topliss-reactive ketones (excluding diaryl/α,β-unsaturated/α-hetero) is 1. The minimum absolute atomic E-state index is 0.0499. The van der Waals surface area contributed by atoms with Gasteiger partial charge in [-0.25, -0.2) is 4.98 Å². The van der Waals surface area contributed by atoms with Gasteiger partial charge in [0.25, 0.3) is 0 Å². The Labute approximate surface area is 217 Å². The lowest BCUT2D eigenvalue weighted by atomic mass is 9.87. The first kappa shape index (κ1) is 25.3. The molecular formula is C29H35N5O3. The first-order valence-corrected chi connectivity index (χ1v) is 13.2. The van der Waals surface area contributed by atoms with Crippen LogP contribution in [0.4, 0.5) is 5.82 Å². The SMILES string of the molecule is CCN1CC[C@@H](CC(=O)c2noc(C(C)(C)C)n2)c2ccc(-c3ccnc(NC(=O)C4CC4)c3)cc2C1. The Bertz CT molecular complexity index is 1300. The number of nitrogens with zero attached hydrogens (tertiary/aromatic N) is 4. The number of benzene rings is 1. The molecule has 37 heavy (non-hydrogen) atoms. The first-order valence-electron chi connectivity index (χ1n) is 13.2. The lowest BCUT2D eigenvalue weighted by Gasteiger charge is -2.18. The van der Waals surface area contributed by atoms with E-state index in [1.165, 1.54) is 11.1 Å². The summed E-state index contributed by atoms with van der Waals surface area (Å²) in [6, 6.07) is 10.4. The summed E-state index contributed by atoms with van der Waals surface area (Å²) >= 11 is 0. The van der Waals surface area contributed by atoms with E-state index in [9.17, 15) is 9.59 Å². The highest BCUT2D eigenvalue weighted by Gasteiger charge is 2.30. The van der Waals surface area contributed by atoms with Crippen LogP contribution in [-0.4, -0.2) is 44.8 Å². The zero-order chi connectivity index (χ0) is 26.2. The number of rotatable bonds is 7. The summed E-state index contributed by atoms with van der Waals surface area (Å²) < 4.78 is 5.36. The quantitative estimate of drug-likeness (QED) is 0.435. The van der Waals surface area contributed by atoms with E-state index in [1.807, 2.05) is 32.9 Å². The van der Waals surface area contributed by atoms with Gasteiger partial charge in [0, 0.05) is 30.5 Å². The molecule has 1 aliphatic heterocycles. The minimum Gasteiger partial charge on any atom is -0.338 e. The first-order chi connectivity index (χ1) is 17.7. The fourth-order valence-electron chi connectivity index (χ4n) is 4.83. The van der Waals surface area contributed by atoms with Crippen molar-refractivity contribution in [1.29, 1.82) is 0 Å². The molecule has 0 bridgehead atoms. The second-order valence-corrected chi connectivity index (χ2v) is 11.3. The molecule has 0 saturated heterocycles. The van der Waals surface area contributed by atoms with E-state index >= 15 is 0 Å². The van der Waals surface area contributed by atoms with E-state index in [0.29, 0.717) is 18.1 Å². The summed E-state index contributed by atoms with van der Waals surface area (Å²) in [7, 11) is 0. The zero-order valence-corrected chi connectivity index (χ0v) is 22.1. The van der Waals surface area contributed by atoms with Crippen molar-refractivity contribution in [2.45, 2.75) is 71.3 Å². The maximum absolute atomic E-state index is 13.2. The Morgan fingerprint density at radius 3 is 2.59 bits per heavy atom. The van der Waals surface area contributed by atoms with Crippen molar-refractivity contribution in [2.24, 2.45) is 5.92 Å². The molecule has 1 saturated carbocycles. The Morgan fingerprint density at radius 1 is 1.11 bits per heavy atom. The van der Waals surface area contributed by atoms with Crippen molar-refractivity contribution in [2.75, 3.05) is 18.4 Å². The normalized spacial score (nSPS) is 18.2. The molecule has 8 heteroatoms. The second kappa shape index (κ2) is 10.2. The summed E-state index contributed by atoms with van der Waals surface area (Å²) in [6.07, 6.45) is 4.89. The fourth-order valence-corrected chi connectivity index (χ4v) is 4.83. The van der Waals surface area contributed by atoms with E-state index < -0.39 is 0 Å². The van der Waals surface area contributed by atoms with Crippen LogP contribution in [0, 0.1) is 5.92 Å². The molecule has 1 amide bonds. The number of fused-ring (bicyclic) bond motifs is 1. The van der Waals surface area contributed by atoms with Gasteiger partial charge in [-0.05, 0) is 78.7 Å². The standard InChI is InChI=1S/C29H35N5O3/c1-5-34-13-11-21(15-24(35)26-32-28(37-33-26)29(2,3)4)23-9-8-19(14-22(23)17-34)20-10-12-30-25(16-20)31-27(36)18-6-7-18/h8-10,12,14,16,18,21H,5-7,11,13,15,17H2,1-4H3,(H,30,31,36)/t21-/m0/s1. The molecule has 0 spiro atoms. The van der Waals surface area contributed by atoms with Crippen molar-refractivity contribution in [1.82, 2.24) is 20.0 Å². The van der Waals surface area contributed by atoms with Gasteiger partial charge in [0.15, 0.2) is 0 Å². The van der Waals surface area contributed by atoms with E-state index in [1.54, 1.807) is 6.20 Å². The molecule has 8 nitrogen and oxygen atoms in total. The molecule has 0 unspecified atom stereocenters. The molecule has 194 valence electrons. The molecule has 5 rings (SSSR count). The molecule has 1 aliphatic carbocycles. The zero-order valence-electron chi connectivity index (χ0n) is 22.1. The third kappa shape index (κ3) is 5.80. The molecule has 1 N–H and O–H groups in total. The van der Waals surface area contributed by atoms with Gasteiger partial charge in [-0.15, -0.1) is 0 Å². The Morgan fingerprint density at radius 2 is 1.89 bits per heavy atom. The average Bonchev–Trinajstić information content (AvgIpc) is 3.63. The Hall–Kier alpha value is -3.39. The number of carbonyl (C=O) groups is 2. The van der Waals surface area contributed by atoms with Gasteiger partial charge in [-0.1, -0.05) is 45.0 Å². The number of hydrogen-bond donors (Lipinski definition) is 1. The van der Waals surface area contributed by atoms with Gasteiger partial charge < -0.3 is 9.84 Å². The van der Waals surface area contributed by atoms with Gasteiger partial charge in [0.1, 0.15) is 5.82 Å². The van der Waals surface area contributed by atoms with Crippen molar-refractivity contribution < 1.29 is 14.1 Å². The fraction of sp³-hybridized carbons (Fsp3) is 0.483. The number of pyridine rings is 1. The molecule has 1 fully saturated rings. The highest BCUT2D eigenvalue weighted by molar-refractivity contribution is 5.94. The number of amides is 1. The number of hydrogen-bond acceptors (Lipinski definition) is 7. The topological polar surface area (TPSA) is 101 Å². The predicted octanol–water partition coefficient (Wildman–Crippen LogP) is 5.36. The predicted molar refractivity (Wildman–Crippen MR) is 141 cm³/mol. The van der Waals surface area contributed by atoms with Gasteiger partial charge >= 0.3 is 0 Å². The van der Waals surface area contributed by atoms with Crippen LogP contribution in [-0.2, 0) is 16.8 Å². The molecule has 3 heterocycles. The molecule has 0 radical (unpaired) electrons. The monoisotopic (exact) mass is 501 g/mol. The maximum Gasteiger partial charge on any atom is 0.238 e. The van der Waals surface area contributed by atoms with E-state index in [4.69, 9.17) is 4.52 Å². The van der Waals surface area contributed by atoms with Gasteiger partial charge in [0.2, 0.25) is 23.4 Å². The van der Waals surface area contributed by atoms with Crippen LogP contribution in [0.1, 0.15) is 86.9 Å². The highest BCUT2D eigenvalue weighted by Crippen LogP contribution is 2.35. The number of nitrogens with one attached hydrogen (secondary N) is 1. The smallest absolute Gasteiger partial charge is 0.238 e. The summed E-state index contributed by atoms with van der Waals surface area (Å²) in [6.45, 7) is 10.8. The van der Waals surface area contributed by atoms with Gasteiger partial charge in [0.05, 0.1) is 0 Å². The largest absolute Gasteiger partial charge is 0.338 e. The third-order valence-corrected chi connectivity index (χ3v) is 7.26. The van der Waals surface area contributed by atoms with Crippen LogP contribution in [0.5, 0.6) is 0 Å². The minimum atomic E-state index is -0.300. The van der Waals surface area contributed by atoms with Crippen LogP contribution in [0.3, 0.4) is 0 Å². The third-order valence-electron chi connectivity index (χ3n) is 7.26. The molecular weight excluding hydrogens is 466 g/mol. The second-order valence-electron chi connectivity index (χ2n) is 11.3. The molecule has 1 atom stereocenters. The Balaban J connectivity index is 1.39. The van der Waals surface area contributed by atoms with E-state index in [0.717, 1.165) is 50.0 Å². The lowest BCUT2D eigenvalue weighted by Crippen LogP contribution is -2.22. The van der Waals surface area contributed by atoms with Crippen LogP contribution < -0.4 is 5.32 Å². The van der Waals surface area contributed by atoms with Crippen LogP contribution in [0.25, 0.3) is 11.1 Å². The van der Waals surface area contributed by atoms with Crippen molar-refractivity contribution in [3.8, 4) is 11.1 Å². The van der Waals surface area contributed by atoms with E-state index in [-0.39, 0.29) is 34.8 Å². The number of aromatic nitrogens is 3. The average molecular weight is 502 g/mol. The summed E-state index contributed by atoms with van der Waals surface area (Å²) in [5, 5.41) is 6.92. The van der Waals surface area contributed by atoms with Crippen LogP contribution >= 0.6 is 0 Å². The van der Waals surface area contributed by atoms with Crippen molar-refractivity contribution in [3.63, 3.8) is 0 Å². The summed E-state index contributed by atoms with van der Waals surface area (Å²) in [5.41, 5.74) is 4.19. The molecule has 2 aromatic heterocycles. The van der Waals surface area contributed by atoms with Crippen LogP contribution in [0.2, 0.25) is 0 Å². The summed E-state index contributed by atoms with van der Waals surface area (Å²) in [5.74, 6) is 1.39. The highest BCUT2D eigenvalue weighted by atomic mass is 16.5. The molecule has 3 aromatic rings. The molecule has 1 aromatic carbocycles. The Kier molecular flexibility index (Phi) is 6.94. The molecule has 2 aliphatic rings. The maximum atomic E-state index is 13.2. The van der Waals surface area contributed by atoms with E-state index in [2.05, 4.69) is 50.5 Å². The van der Waals surface area contributed by atoms with Crippen molar-refractivity contribution in [3.05, 3.63) is 59.4 Å². The van der Waals surface area contributed by atoms with Crippen LogP contribution in [0.15, 0.2) is 41.1 Å². The number of anilines is 1. The summed E-state index contributed by atoms with van der Waals surface area (Å²) in [4.78, 5) is 36.5. The number of ketones is 1.